The molecule has 0 bridgehead atoms. The molecule has 0 aliphatic heterocycles. The molecule has 0 atom stereocenters. The van der Waals surface area contributed by atoms with Crippen LogP contribution in [0.2, 0.25) is 0 Å². The zero-order valence-electron chi connectivity index (χ0n) is 10.6. The van der Waals surface area contributed by atoms with Gasteiger partial charge in [-0.15, -0.1) is 0 Å². The lowest BCUT2D eigenvalue weighted by molar-refractivity contribution is 0.000699. The summed E-state index contributed by atoms with van der Waals surface area (Å²) in [4.78, 5) is 0.422. The summed E-state index contributed by atoms with van der Waals surface area (Å²) in [6.07, 6.45) is 0. The SMILES string of the molecule is CCOC(C)(C)CNc1ccc(C(N)=S)cc1. The maximum Gasteiger partial charge on any atom is 0.103 e. The van der Waals surface area contributed by atoms with E-state index in [0.717, 1.165) is 24.4 Å². The van der Waals surface area contributed by atoms with Gasteiger partial charge >= 0.3 is 0 Å². The van der Waals surface area contributed by atoms with E-state index < -0.39 is 0 Å². The average Bonchev–Trinajstić information content (AvgIpc) is 2.27. The molecule has 17 heavy (non-hydrogen) atoms. The summed E-state index contributed by atoms with van der Waals surface area (Å²) in [5.41, 5.74) is 7.29. The van der Waals surface area contributed by atoms with Crippen LogP contribution < -0.4 is 11.1 Å². The Kier molecular flexibility index (Phi) is 4.90. The van der Waals surface area contributed by atoms with Crippen LogP contribution in [0.25, 0.3) is 0 Å². The molecule has 3 nitrogen and oxygen atoms in total. The van der Waals surface area contributed by atoms with E-state index in [2.05, 4.69) is 19.2 Å². The van der Waals surface area contributed by atoms with Gasteiger partial charge < -0.3 is 15.8 Å². The van der Waals surface area contributed by atoms with Crippen LogP contribution in [-0.4, -0.2) is 23.7 Å². The Bertz CT molecular complexity index is 374. The number of hydrogen-bond donors (Lipinski definition) is 2. The van der Waals surface area contributed by atoms with Crippen LogP contribution in [0.5, 0.6) is 0 Å². The van der Waals surface area contributed by atoms with Crippen molar-refractivity contribution in [3.63, 3.8) is 0 Å². The van der Waals surface area contributed by atoms with Crippen molar-refractivity contribution in [2.45, 2.75) is 26.4 Å². The zero-order valence-corrected chi connectivity index (χ0v) is 11.4. The second-order valence-corrected chi connectivity index (χ2v) is 4.93. The lowest BCUT2D eigenvalue weighted by Gasteiger charge is -2.25. The highest BCUT2D eigenvalue weighted by Gasteiger charge is 2.16. The molecular weight excluding hydrogens is 232 g/mol. The highest BCUT2D eigenvalue weighted by atomic mass is 32.1. The molecule has 4 heteroatoms. The van der Waals surface area contributed by atoms with E-state index in [1.54, 1.807) is 0 Å². The number of nitrogens with one attached hydrogen (secondary N) is 1. The van der Waals surface area contributed by atoms with Crippen molar-refractivity contribution in [2.24, 2.45) is 5.73 Å². The van der Waals surface area contributed by atoms with E-state index in [4.69, 9.17) is 22.7 Å². The van der Waals surface area contributed by atoms with E-state index >= 15 is 0 Å². The molecule has 0 saturated heterocycles. The average molecular weight is 252 g/mol. The monoisotopic (exact) mass is 252 g/mol. The minimum absolute atomic E-state index is 0.170. The van der Waals surface area contributed by atoms with E-state index in [9.17, 15) is 0 Å². The van der Waals surface area contributed by atoms with Crippen LogP contribution in [0.15, 0.2) is 24.3 Å². The van der Waals surface area contributed by atoms with Gasteiger partial charge in [-0.05, 0) is 45.0 Å². The normalized spacial score (nSPS) is 11.2. The summed E-state index contributed by atoms with van der Waals surface area (Å²) in [7, 11) is 0. The fraction of sp³-hybridized carbons (Fsp3) is 0.462. The van der Waals surface area contributed by atoms with Crippen molar-refractivity contribution in [3.05, 3.63) is 29.8 Å². The summed E-state index contributed by atoms with van der Waals surface area (Å²) < 4.78 is 5.61. The van der Waals surface area contributed by atoms with Crippen LogP contribution in [0, 0.1) is 0 Å². The molecule has 94 valence electrons. The molecule has 1 aromatic carbocycles. The molecule has 0 unspecified atom stereocenters. The van der Waals surface area contributed by atoms with Gasteiger partial charge in [0.05, 0.1) is 5.60 Å². The van der Waals surface area contributed by atoms with Gasteiger partial charge in [0.2, 0.25) is 0 Å². The second-order valence-electron chi connectivity index (χ2n) is 4.49. The van der Waals surface area contributed by atoms with Crippen LogP contribution in [0.4, 0.5) is 5.69 Å². The Hall–Kier alpha value is -1.13. The van der Waals surface area contributed by atoms with Gasteiger partial charge in [0.25, 0.3) is 0 Å². The maximum atomic E-state index is 5.61. The number of nitrogens with two attached hydrogens (primary N) is 1. The number of ether oxygens (including phenoxy) is 1. The van der Waals surface area contributed by atoms with Gasteiger partial charge in [0.1, 0.15) is 4.99 Å². The largest absolute Gasteiger partial charge is 0.389 e. The van der Waals surface area contributed by atoms with E-state index in [1.165, 1.54) is 0 Å². The highest BCUT2D eigenvalue weighted by molar-refractivity contribution is 7.80. The van der Waals surface area contributed by atoms with Crippen molar-refractivity contribution >= 4 is 22.9 Å². The van der Waals surface area contributed by atoms with Gasteiger partial charge in [-0.1, -0.05) is 12.2 Å². The first kappa shape index (κ1) is 13.9. The summed E-state index contributed by atoms with van der Waals surface area (Å²) in [5, 5.41) is 3.33. The molecule has 1 aromatic rings. The van der Waals surface area contributed by atoms with Gasteiger partial charge in [0.15, 0.2) is 0 Å². The van der Waals surface area contributed by atoms with Crippen molar-refractivity contribution in [1.29, 1.82) is 0 Å². The first-order chi connectivity index (χ1) is 7.94. The second kappa shape index (κ2) is 5.98. The first-order valence-corrected chi connectivity index (χ1v) is 6.13. The highest BCUT2D eigenvalue weighted by Crippen LogP contribution is 2.13. The number of benzene rings is 1. The Morgan fingerprint density at radius 2 is 1.94 bits per heavy atom. The minimum Gasteiger partial charge on any atom is -0.389 e. The fourth-order valence-corrected chi connectivity index (χ4v) is 1.65. The summed E-state index contributed by atoms with van der Waals surface area (Å²) in [6.45, 7) is 7.60. The quantitative estimate of drug-likeness (QED) is 0.764. The standard InChI is InChI=1S/C13H20N2OS/c1-4-16-13(2,3)9-15-11-7-5-10(6-8-11)12(14)17/h5-8,15H,4,9H2,1-3H3,(H2,14,17). The smallest absolute Gasteiger partial charge is 0.103 e. The molecule has 0 spiro atoms. The summed E-state index contributed by atoms with van der Waals surface area (Å²) in [6, 6.07) is 7.77. The van der Waals surface area contributed by atoms with Gasteiger partial charge in [-0.25, -0.2) is 0 Å². The molecule has 0 aliphatic carbocycles. The molecule has 0 amide bonds. The maximum absolute atomic E-state index is 5.61. The van der Waals surface area contributed by atoms with Crippen molar-refractivity contribution in [2.75, 3.05) is 18.5 Å². The molecule has 0 aromatic heterocycles. The Balaban J connectivity index is 2.55. The number of anilines is 1. The first-order valence-electron chi connectivity index (χ1n) is 5.72. The third-order valence-electron chi connectivity index (χ3n) is 2.42. The van der Waals surface area contributed by atoms with E-state index in [0.29, 0.717) is 4.99 Å². The lowest BCUT2D eigenvalue weighted by Crippen LogP contribution is -2.33. The topological polar surface area (TPSA) is 47.3 Å². The predicted molar refractivity (Wildman–Crippen MR) is 76.5 cm³/mol. The van der Waals surface area contributed by atoms with Gasteiger partial charge in [0, 0.05) is 24.4 Å². The molecular formula is C13H20N2OS. The Morgan fingerprint density at radius 1 is 1.35 bits per heavy atom. The third-order valence-corrected chi connectivity index (χ3v) is 2.66. The van der Waals surface area contributed by atoms with Crippen LogP contribution in [0.1, 0.15) is 26.3 Å². The van der Waals surface area contributed by atoms with E-state index in [1.807, 2.05) is 31.2 Å². The number of thiocarbonyl (C=S) groups is 1. The number of hydrogen-bond acceptors (Lipinski definition) is 3. The molecule has 0 radical (unpaired) electrons. The summed E-state index contributed by atoms with van der Waals surface area (Å²) >= 11 is 4.90. The van der Waals surface area contributed by atoms with Crippen molar-refractivity contribution in [1.82, 2.24) is 0 Å². The third kappa shape index (κ3) is 4.71. The Labute approximate surface area is 108 Å². The zero-order chi connectivity index (χ0) is 12.9. The van der Waals surface area contributed by atoms with Crippen LogP contribution in [-0.2, 0) is 4.74 Å². The van der Waals surface area contributed by atoms with Crippen molar-refractivity contribution in [3.8, 4) is 0 Å². The minimum atomic E-state index is -0.170. The predicted octanol–water partition coefficient (Wildman–Crippen LogP) is 2.55. The van der Waals surface area contributed by atoms with Crippen molar-refractivity contribution < 1.29 is 4.74 Å². The van der Waals surface area contributed by atoms with Crippen LogP contribution >= 0.6 is 12.2 Å². The summed E-state index contributed by atoms with van der Waals surface area (Å²) in [5.74, 6) is 0. The van der Waals surface area contributed by atoms with E-state index in [-0.39, 0.29) is 5.60 Å². The molecule has 0 aliphatic rings. The fourth-order valence-electron chi connectivity index (χ4n) is 1.51. The van der Waals surface area contributed by atoms with Gasteiger partial charge in [-0.2, -0.15) is 0 Å². The molecule has 3 N–H and O–H groups in total. The van der Waals surface area contributed by atoms with Gasteiger partial charge in [-0.3, -0.25) is 0 Å². The Morgan fingerprint density at radius 3 is 2.41 bits per heavy atom. The molecule has 0 heterocycles. The number of rotatable bonds is 6. The van der Waals surface area contributed by atoms with Crippen LogP contribution in [0.3, 0.4) is 0 Å². The lowest BCUT2D eigenvalue weighted by atomic mass is 10.1. The molecule has 1 rings (SSSR count). The molecule has 0 fully saturated rings. The molecule has 0 saturated carbocycles.